The van der Waals surface area contributed by atoms with Gasteiger partial charge in [-0.05, 0) is 48.6 Å². The summed E-state index contributed by atoms with van der Waals surface area (Å²) in [6.45, 7) is 8.62. The number of nitrogens with one attached hydrogen (secondary N) is 1. The predicted octanol–water partition coefficient (Wildman–Crippen LogP) is 3.16. The molecule has 12 heteroatoms. The molecule has 0 bridgehead atoms. The number of carboxylic acid groups (broad SMARTS) is 1. The molecule has 0 aliphatic carbocycles. The normalized spacial score (nSPS) is 15.1. The minimum absolute atomic E-state index is 0.0386. The van der Waals surface area contributed by atoms with Crippen LogP contribution in [-0.2, 0) is 19.6 Å². The van der Waals surface area contributed by atoms with Crippen LogP contribution in [0.25, 0.3) is 0 Å². The fraction of sp³-hybridized carbons (Fsp3) is 0.440. The molecule has 2 aromatic rings. The number of halogens is 3. The molecule has 2 aromatic carbocycles. The van der Waals surface area contributed by atoms with Gasteiger partial charge >= 0.3 is 12.1 Å². The number of carbonyl (C=O) groups excluding carboxylic acids is 1. The third-order valence-corrected chi connectivity index (χ3v) is 7.79. The molecule has 1 heterocycles. The summed E-state index contributed by atoms with van der Waals surface area (Å²) in [5.41, 5.74) is 3.00. The van der Waals surface area contributed by atoms with Gasteiger partial charge in [0.2, 0.25) is 15.9 Å². The Kier molecular flexibility index (Phi) is 10.6. The van der Waals surface area contributed by atoms with E-state index >= 15 is 0 Å². The van der Waals surface area contributed by atoms with E-state index in [-0.39, 0.29) is 29.8 Å². The number of hydrogen-bond acceptors (Lipinski definition) is 5. The first-order valence-electron chi connectivity index (χ1n) is 11.6. The molecule has 3 rings (SSSR count). The summed E-state index contributed by atoms with van der Waals surface area (Å²) in [6.07, 6.45) is -5.08. The molecule has 0 aromatic heterocycles. The lowest BCUT2D eigenvalue weighted by atomic mass is 10.0. The van der Waals surface area contributed by atoms with E-state index < -0.39 is 22.2 Å². The van der Waals surface area contributed by atoms with Crippen molar-refractivity contribution in [1.29, 1.82) is 0 Å². The Labute approximate surface area is 215 Å². The average Bonchev–Trinajstić information content (AvgIpc) is 2.86. The highest BCUT2D eigenvalue weighted by Crippen LogP contribution is 2.24. The zero-order valence-electron chi connectivity index (χ0n) is 21.0. The third-order valence-electron chi connectivity index (χ3n) is 5.99. The number of aliphatic carboxylic acids is 1. The SMILES string of the molecule is Cc1ccc(S(=O)(=O)N(CC(=O)N2CCNCC2)CC(C)c2ccccc2)cc1C.O=C(O)C(F)(F)F. The van der Waals surface area contributed by atoms with Gasteiger partial charge in [0.15, 0.2) is 0 Å². The number of aryl methyl sites for hydroxylation is 2. The van der Waals surface area contributed by atoms with Crippen LogP contribution < -0.4 is 5.32 Å². The van der Waals surface area contributed by atoms with Crippen molar-refractivity contribution in [1.82, 2.24) is 14.5 Å². The van der Waals surface area contributed by atoms with Crippen LogP contribution in [-0.4, -0.2) is 80.1 Å². The van der Waals surface area contributed by atoms with Gasteiger partial charge in [-0.15, -0.1) is 0 Å². The van der Waals surface area contributed by atoms with E-state index in [1.165, 1.54) is 4.31 Å². The molecule has 1 saturated heterocycles. The molecule has 37 heavy (non-hydrogen) atoms. The first-order valence-corrected chi connectivity index (χ1v) is 13.1. The number of rotatable bonds is 7. The molecule has 1 atom stereocenters. The lowest BCUT2D eigenvalue weighted by molar-refractivity contribution is -0.192. The molecular formula is C25H32F3N3O5S. The molecule has 1 unspecified atom stereocenters. The number of hydrogen-bond donors (Lipinski definition) is 2. The van der Waals surface area contributed by atoms with Crippen LogP contribution in [0, 0.1) is 13.8 Å². The van der Waals surface area contributed by atoms with Crippen molar-refractivity contribution < 1.29 is 36.3 Å². The van der Waals surface area contributed by atoms with Gasteiger partial charge in [0.1, 0.15) is 0 Å². The van der Waals surface area contributed by atoms with Gasteiger partial charge in [-0.3, -0.25) is 4.79 Å². The van der Waals surface area contributed by atoms with Crippen LogP contribution in [0.1, 0.15) is 29.5 Å². The van der Waals surface area contributed by atoms with Gasteiger partial charge in [0.05, 0.1) is 11.4 Å². The number of piperazine rings is 1. The summed E-state index contributed by atoms with van der Waals surface area (Å²) in [6, 6.07) is 15.0. The van der Waals surface area contributed by atoms with Gasteiger partial charge < -0.3 is 15.3 Å². The number of carbonyl (C=O) groups is 2. The average molecular weight is 544 g/mol. The molecule has 1 aliphatic rings. The summed E-state index contributed by atoms with van der Waals surface area (Å²) in [5.74, 6) is -2.94. The fourth-order valence-electron chi connectivity index (χ4n) is 3.63. The van der Waals surface area contributed by atoms with E-state index in [4.69, 9.17) is 9.90 Å². The van der Waals surface area contributed by atoms with Crippen molar-refractivity contribution in [2.45, 2.75) is 37.8 Å². The van der Waals surface area contributed by atoms with Crippen molar-refractivity contribution in [2.24, 2.45) is 0 Å². The lowest BCUT2D eigenvalue weighted by Crippen LogP contribution is -2.50. The second-order valence-corrected chi connectivity index (χ2v) is 10.7. The number of amides is 1. The second-order valence-electron chi connectivity index (χ2n) is 8.79. The van der Waals surface area contributed by atoms with Crippen LogP contribution in [0.5, 0.6) is 0 Å². The molecule has 0 radical (unpaired) electrons. The molecule has 0 saturated carbocycles. The van der Waals surface area contributed by atoms with E-state index in [0.717, 1.165) is 29.8 Å². The summed E-state index contributed by atoms with van der Waals surface area (Å²) in [7, 11) is -3.81. The molecule has 8 nitrogen and oxygen atoms in total. The monoisotopic (exact) mass is 543 g/mol. The van der Waals surface area contributed by atoms with Gasteiger partial charge in [-0.25, -0.2) is 13.2 Å². The van der Waals surface area contributed by atoms with E-state index in [0.29, 0.717) is 13.1 Å². The number of nitrogens with zero attached hydrogens (tertiary/aromatic N) is 2. The van der Waals surface area contributed by atoms with Crippen molar-refractivity contribution in [3.05, 3.63) is 65.2 Å². The first-order chi connectivity index (χ1) is 17.2. The maximum Gasteiger partial charge on any atom is 0.490 e. The highest BCUT2D eigenvalue weighted by molar-refractivity contribution is 7.89. The zero-order valence-corrected chi connectivity index (χ0v) is 21.8. The number of carboxylic acids is 1. The van der Waals surface area contributed by atoms with Gasteiger partial charge in [0.25, 0.3) is 0 Å². The minimum Gasteiger partial charge on any atom is -0.475 e. The quantitative estimate of drug-likeness (QED) is 0.556. The summed E-state index contributed by atoms with van der Waals surface area (Å²) >= 11 is 0. The fourth-order valence-corrected chi connectivity index (χ4v) is 5.19. The highest BCUT2D eigenvalue weighted by Gasteiger charge is 2.38. The smallest absolute Gasteiger partial charge is 0.475 e. The van der Waals surface area contributed by atoms with Gasteiger partial charge in [-0.1, -0.05) is 43.3 Å². The van der Waals surface area contributed by atoms with E-state index in [9.17, 15) is 26.4 Å². The van der Waals surface area contributed by atoms with Crippen LogP contribution in [0.15, 0.2) is 53.4 Å². The molecule has 2 N–H and O–H groups in total. The number of benzene rings is 2. The highest BCUT2D eigenvalue weighted by atomic mass is 32.2. The van der Waals surface area contributed by atoms with Crippen molar-refractivity contribution in [3.8, 4) is 0 Å². The summed E-state index contributed by atoms with van der Waals surface area (Å²) in [4.78, 5) is 23.8. The molecular weight excluding hydrogens is 511 g/mol. The van der Waals surface area contributed by atoms with Crippen molar-refractivity contribution in [2.75, 3.05) is 39.3 Å². The Hall–Kier alpha value is -2.96. The lowest BCUT2D eigenvalue weighted by Gasteiger charge is -2.31. The van der Waals surface area contributed by atoms with Crippen molar-refractivity contribution >= 4 is 21.9 Å². The van der Waals surface area contributed by atoms with Gasteiger partial charge in [0, 0.05) is 32.7 Å². The molecule has 1 amide bonds. The Morgan fingerprint density at radius 3 is 2.14 bits per heavy atom. The minimum atomic E-state index is -5.08. The molecule has 0 spiro atoms. The number of sulfonamides is 1. The van der Waals surface area contributed by atoms with Gasteiger partial charge in [-0.2, -0.15) is 17.5 Å². The van der Waals surface area contributed by atoms with Crippen molar-refractivity contribution in [3.63, 3.8) is 0 Å². The van der Waals surface area contributed by atoms with E-state index in [1.54, 1.807) is 17.0 Å². The largest absolute Gasteiger partial charge is 0.490 e. The zero-order chi connectivity index (χ0) is 27.8. The Morgan fingerprint density at radius 1 is 1.05 bits per heavy atom. The van der Waals surface area contributed by atoms with E-state index in [1.807, 2.05) is 57.2 Å². The first kappa shape index (κ1) is 30.3. The Bertz CT molecular complexity index is 1170. The third kappa shape index (κ3) is 8.83. The summed E-state index contributed by atoms with van der Waals surface area (Å²) in [5, 5.41) is 10.3. The molecule has 204 valence electrons. The maximum absolute atomic E-state index is 13.5. The topological polar surface area (TPSA) is 107 Å². The molecule has 1 aliphatic heterocycles. The second kappa shape index (κ2) is 13.0. The van der Waals surface area contributed by atoms with Crippen LogP contribution in [0.2, 0.25) is 0 Å². The number of alkyl halides is 3. The van der Waals surface area contributed by atoms with Crippen LogP contribution >= 0.6 is 0 Å². The Balaban J connectivity index is 0.000000604. The van der Waals surface area contributed by atoms with Crippen LogP contribution in [0.3, 0.4) is 0 Å². The maximum atomic E-state index is 13.5. The van der Waals surface area contributed by atoms with E-state index in [2.05, 4.69) is 5.32 Å². The predicted molar refractivity (Wildman–Crippen MR) is 133 cm³/mol. The Morgan fingerprint density at radius 2 is 1.62 bits per heavy atom. The van der Waals surface area contributed by atoms with Crippen LogP contribution in [0.4, 0.5) is 13.2 Å². The molecule has 1 fully saturated rings. The standard InChI is InChI=1S/C23H31N3O3S.C2HF3O2/c1-18-9-10-22(15-19(18)2)30(28,29)26(16-20(3)21-7-5-4-6-8-21)17-23(27)25-13-11-24-12-14-25;3-2(4,5)1(6)7/h4-10,15,20,24H,11-14,16-17H2,1-3H3;(H,6,7). The summed E-state index contributed by atoms with van der Waals surface area (Å²) < 4.78 is 60.1.